The smallest absolute Gasteiger partial charge is 0.251 e. The van der Waals surface area contributed by atoms with Crippen LogP contribution in [0.5, 0.6) is 0 Å². The summed E-state index contributed by atoms with van der Waals surface area (Å²) in [5, 5.41) is 6.64. The fourth-order valence-corrected chi connectivity index (χ4v) is 2.62. The number of Topliss-reactive ketones (excluding diaryl/α,β-unsaturated/α-hetero) is 1. The highest BCUT2D eigenvalue weighted by Gasteiger charge is 2.08. The lowest BCUT2D eigenvalue weighted by Gasteiger charge is -2.09. The number of benzene rings is 2. The van der Waals surface area contributed by atoms with E-state index in [4.69, 9.17) is 11.6 Å². The zero-order chi connectivity index (χ0) is 19.2. The molecule has 0 spiro atoms. The van der Waals surface area contributed by atoms with E-state index in [0.717, 1.165) is 11.3 Å². The highest BCUT2D eigenvalue weighted by Crippen LogP contribution is 2.17. The van der Waals surface area contributed by atoms with Crippen LogP contribution in [0.3, 0.4) is 0 Å². The number of rotatable bonds is 6. The van der Waals surface area contributed by atoms with E-state index in [1.807, 2.05) is 18.2 Å². The molecule has 5 nitrogen and oxygen atoms in total. The molecule has 0 atom stereocenters. The van der Waals surface area contributed by atoms with Crippen LogP contribution in [0, 0.1) is 0 Å². The third-order valence-electron chi connectivity index (χ3n) is 3.93. The van der Waals surface area contributed by atoms with Gasteiger partial charge in [0.05, 0.1) is 0 Å². The molecule has 0 aliphatic heterocycles. The van der Waals surface area contributed by atoms with Crippen molar-refractivity contribution in [3.05, 3.63) is 88.6 Å². The molecule has 3 aromatic rings. The topological polar surface area (TPSA) is 71.1 Å². The first kappa shape index (κ1) is 18.6. The summed E-state index contributed by atoms with van der Waals surface area (Å²) in [6, 6.07) is 17.7. The lowest BCUT2D eigenvalue weighted by molar-refractivity contribution is 0.0950. The van der Waals surface area contributed by atoms with E-state index in [9.17, 15) is 9.59 Å². The Bertz CT molecular complexity index is 971. The van der Waals surface area contributed by atoms with Crippen LogP contribution in [0.25, 0.3) is 0 Å². The fraction of sp³-hybridized carbons (Fsp3) is 0.0952. The predicted octanol–water partition coefficient (Wildman–Crippen LogP) is 4.61. The van der Waals surface area contributed by atoms with E-state index in [1.54, 1.807) is 48.7 Å². The molecule has 136 valence electrons. The number of halogens is 1. The van der Waals surface area contributed by atoms with Gasteiger partial charge in [-0.2, -0.15) is 0 Å². The first-order valence-electron chi connectivity index (χ1n) is 8.38. The van der Waals surface area contributed by atoms with E-state index < -0.39 is 0 Å². The highest BCUT2D eigenvalue weighted by atomic mass is 35.5. The zero-order valence-corrected chi connectivity index (χ0v) is 15.5. The van der Waals surface area contributed by atoms with Crippen molar-refractivity contribution >= 4 is 34.8 Å². The average Bonchev–Trinajstić information content (AvgIpc) is 2.67. The van der Waals surface area contributed by atoms with Crippen LogP contribution in [0.2, 0.25) is 5.02 Å². The minimum atomic E-state index is -0.201. The molecular weight excluding hydrogens is 362 g/mol. The molecular formula is C21H18ClN3O2. The molecule has 6 heteroatoms. The van der Waals surface area contributed by atoms with Crippen molar-refractivity contribution in [2.24, 2.45) is 0 Å². The van der Waals surface area contributed by atoms with Crippen molar-refractivity contribution < 1.29 is 9.59 Å². The van der Waals surface area contributed by atoms with Crippen LogP contribution in [0.1, 0.15) is 33.2 Å². The Kier molecular flexibility index (Phi) is 5.84. The molecule has 0 aliphatic carbocycles. The standard InChI is InChI=1S/C21H18ClN3O2/c1-14(26)16-3-2-4-19(11-16)25-20-12-17(9-10-23-20)21(27)24-13-15-5-7-18(22)8-6-15/h2-12H,13H2,1H3,(H,23,25)(H,24,27). The maximum atomic E-state index is 12.4. The normalized spacial score (nSPS) is 10.3. The Balaban J connectivity index is 1.67. The minimum Gasteiger partial charge on any atom is -0.348 e. The van der Waals surface area contributed by atoms with Gasteiger partial charge in [-0.3, -0.25) is 9.59 Å². The number of hydrogen-bond donors (Lipinski definition) is 2. The van der Waals surface area contributed by atoms with Gasteiger partial charge in [0.25, 0.3) is 5.91 Å². The van der Waals surface area contributed by atoms with Gasteiger partial charge in [0.2, 0.25) is 0 Å². The van der Waals surface area contributed by atoms with Crippen LogP contribution >= 0.6 is 11.6 Å². The summed E-state index contributed by atoms with van der Waals surface area (Å²) >= 11 is 5.86. The molecule has 1 amide bonds. The summed E-state index contributed by atoms with van der Waals surface area (Å²) in [6.45, 7) is 1.92. The Morgan fingerprint density at radius 3 is 2.52 bits per heavy atom. The number of amides is 1. The third kappa shape index (κ3) is 5.15. The molecule has 0 saturated carbocycles. The Hall–Kier alpha value is -3.18. The van der Waals surface area contributed by atoms with E-state index in [1.165, 1.54) is 6.92 Å². The average molecular weight is 380 g/mol. The number of carbonyl (C=O) groups is 2. The first-order chi connectivity index (χ1) is 13.0. The maximum Gasteiger partial charge on any atom is 0.251 e. The van der Waals surface area contributed by atoms with Crippen LogP contribution in [0.15, 0.2) is 66.9 Å². The molecule has 0 saturated heterocycles. The lowest BCUT2D eigenvalue weighted by atomic mass is 10.1. The summed E-state index contributed by atoms with van der Waals surface area (Å²) in [6.07, 6.45) is 1.56. The van der Waals surface area contributed by atoms with Crippen molar-refractivity contribution in [3.63, 3.8) is 0 Å². The molecule has 1 aromatic heterocycles. The van der Waals surface area contributed by atoms with Gasteiger partial charge >= 0.3 is 0 Å². The molecule has 2 aromatic carbocycles. The quantitative estimate of drug-likeness (QED) is 0.613. The zero-order valence-electron chi connectivity index (χ0n) is 14.7. The maximum absolute atomic E-state index is 12.4. The molecule has 0 radical (unpaired) electrons. The van der Waals surface area contributed by atoms with E-state index >= 15 is 0 Å². The van der Waals surface area contributed by atoms with Crippen LogP contribution in [0.4, 0.5) is 11.5 Å². The van der Waals surface area contributed by atoms with Crippen LogP contribution in [-0.4, -0.2) is 16.7 Å². The number of ketones is 1. The van der Waals surface area contributed by atoms with Gasteiger partial charge in [-0.25, -0.2) is 4.98 Å². The van der Waals surface area contributed by atoms with Crippen molar-refractivity contribution in [2.45, 2.75) is 13.5 Å². The molecule has 0 fully saturated rings. The molecule has 3 rings (SSSR count). The predicted molar refractivity (Wildman–Crippen MR) is 107 cm³/mol. The summed E-state index contributed by atoms with van der Waals surface area (Å²) in [5.74, 6) is 0.310. The first-order valence-corrected chi connectivity index (χ1v) is 8.76. The fourth-order valence-electron chi connectivity index (χ4n) is 2.49. The van der Waals surface area contributed by atoms with E-state index in [-0.39, 0.29) is 11.7 Å². The molecule has 0 bridgehead atoms. The van der Waals surface area contributed by atoms with Gasteiger partial charge in [0.15, 0.2) is 5.78 Å². The van der Waals surface area contributed by atoms with Gasteiger partial charge < -0.3 is 10.6 Å². The van der Waals surface area contributed by atoms with Crippen LogP contribution in [-0.2, 0) is 6.54 Å². The SMILES string of the molecule is CC(=O)c1cccc(Nc2cc(C(=O)NCc3ccc(Cl)cc3)ccn2)c1. The summed E-state index contributed by atoms with van der Waals surface area (Å²) in [7, 11) is 0. The Morgan fingerprint density at radius 1 is 1.00 bits per heavy atom. The van der Waals surface area contributed by atoms with Crippen molar-refractivity contribution in [1.82, 2.24) is 10.3 Å². The van der Waals surface area contributed by atoms with Crippen molar-refractivity contribution in [1.29, 1.82) is 0 Å². The summed E-state index contributed by atoms with van der Waals surface area (Å²) in [5.41, 5.74) is 2.79. The van der Waals surface area contributed by atoms with Gasteiger partial charge in [0, 0.05) is 34.6 Å². The number of nitrogens with one attached hydrogen (secondary N) is 2. The number of nitrogens with zero attached hydrogens (tertiary/aromatic N) is 1. The van der Waals surface area contributed by atoms with E-state index in [0.29, 0.717) is 28.5 Å². The number of anilines is 2. The number of hydrogen-bond acceptors (Lipinski definition) is 4. The monoisotopic (exact) mass is 379 g/mol. The summed E-state index contributed by atoms with van der Waals surface area (Å²) in [4.78, 5) is 28.1. The molecule has 1 heterocycles. The van der Waals surface area contributed by atoms with E-state index in [2.05, 4.69) is 15.6 Å². The summed E-state index contributed by atoms with van der Waals surface area (Å²) < 4.78 is 0. The minimum absolute atomic E-state index is 0.0121. The lowest BCUT2D eigenvalue weighted by Crippen LogP contribution is -2.22. The second-order valence-electron chi connectivity index (χ2n) is 6.00. The van der Waals surface area contributed by atoms with Gasteiger partial charge in [-0.1, -0.05) is 35.9 Å². The Labute approximate surface area is 162 Å². The largest absolute Gasteiger partial charge is 0.348 e. The Morgan fingerprint density at radius 2 is 1.78 bits per heavy atom. The van der Waals surface area contributed by atoms with Gasteiger partial charge in [-0.15, -0.1) is 0 Å². The van der Waals surface area contributed by atoms with Crippen molar-refractivity contribution in [2.75, 3.05) is 5.32 Å². The number of aromatic nitrogens is 1. The van der Waals surface area contributed by atoms with Gasteiger partial charge in [-0.05, 0) is 48.9 Å². The van der Waals surface area contributed by atoms with Crippen molar-refractivity contribution in [3.8, 4) is 0 Å². The number of carbonyl (C=O) groups excluding carboxylic acids is 2. The van der Waals surface area contributed by atoms with Gasteiger partial charge in [0.1, 0.15) is 5.82 Å². The molecule has 0 aliphatic rings. The number of pyridine rings is 1. The highest BCUT2D eigenvalue weighted by molar-refractivity contribution is 6.30. The van der Waals surface area contributed by atoms with Crippen LogP contribution < -0.4 is 10.6 Å². The molecule has 2 N–H and O–H groups in total. The third-order valence-corrected chi connectivity index (χ3v) is 4.18. The second-order valence-corrected chi connectivity index (χ2v) is 6.44. The second kappa shape index (κ2) is 8.47. The molecule has 27 heavy (non-hydrogen) atoms. The molecule has 0 unspecified atom stereocenters.